The second-order valence-electron chi connectivity index (χ2n) is 4.18. The molecule has 1 atom stereocenters. The predicted molar refractivity (Wildman–Crippen MR) is 75.9 cm³/mol. The summed E-state index contributed by atoms with van der Waals surface area (Å²) in [5.74, 6) is 0. The second kappa shape index (κ2) is 5.88. The summed E-state index contributed by atoms with van der Waals surface area (Å²) in [6, 6.07) is 12.1. The van der Waals surface area contributed by atoms with Gasteiger partial charge in [0, 0.05) is 23.4 Å². The van der Waals surface area contributed by atoms with Crippen LogP contribution >= 0.6 is 0 Å². The Labute approximate surface area is 120 Å². The Morgan fingerprint density at radius 1 is 1.05 bits per heavy atom. The number of nitrogens with one attached hydrogen (secondary N) is 1. The Kier molecular flexibility index (Phi) is 4.18. The lowest BCUT2D eigenvalue weighted by Gasteiger charge is -2.12. The van der Waals surface area contributed by atoms with Gasteiger partial charge < -0.3 is 0 Å². The number of anilines is 1. The van der Waals surface area contributed by atoms with Crippen LogP contribution < -0.4 is 4.72 Å². The van der Waals surface area contributed by atoms with Crippen molar-refractivity contribution in [3.05, 3.63) is 70.3 Å². The van der Waals surface area contributed by atoms with Crippen LogP contribution in [-0.2, 0) is 10.0 Å². The van der Waals surface area contributed by atoms with Crippen LogP contribution in [0.3, 0.4) is 0 Å². The van der Waals surface area contributed by atoms with E-state index in [4.69, 9.17) is 0 Å². The molecule has 0 spiro atoms. The molecular weight excluding hydrogens is 299 g/mol. The van der Waals surface area contributed by atoms with Gasteiger partial charge in [0.25, 0.3) is 15.7 Å². The molecule has 1 unspecified atom stereocenters. The molecule has 21 heavy (non-hydrogen) atoms. The van der Waals surface area contributed by atoms with E-state index < -0.39 is 20.5 Å². The van der Waals surface area contributed by atoms with E-state index in [1.807, 2.05) is 0 Å². The van der Waals surface area contributed by atoms with Gasteiger partial charge in [-0.1, -0.05) is 30.3 Å². The van der Waals surface area contributed by atoms with Crippen LogP contribution in [0.5, 0.6) is 0 Å². The number of hydrogen-bond acceptors (Lipinski definition) is 4. The molecule has 0 amide bonds. The van der Waals surface area contributed by atoms with Crippen molar-refractivity contribution in [2.45, 2.75) is 5.50 Å². The third-order valence-corrected chi connectivity index (χ3v) is 4.01. The van der Waals surface area contributed by atoms with E-state index in [1.165, 1.54) is 36.4 Å². The lowest BCUT2D eigenvalue weighted by atomic mass is 10.2. The molecule has 0 aromatic heterocycles. The lowest BCUT2D eigenvalue weighted by molar-refractivity contribution is -0.384. The molecule has 110 valence electrons. The Bertz CT molecular complexity index is 733. The third kappa shape index (κ3) is 3.54. The molecule has 0 fully saturated rings. The van der Waals surface area contributed by atoms with Crippen molar-refractivity contribution in [1.82, 2.24) is 0 Å². The number of nitro benzene ring substituents is 1. The molecular formula is C13H11FN2O4S. The normalized spacial score (nSPS) is 12.6. The summed E-state index contributed by atoms with van der Waals surface area (Å²) in [7, 11) is -4.29. The smallest absolute Gasteiger partial charge is 0.269 e. The number of alkyl halides is 1. The minimum Gasteiger partial charge on any atom is -0.281 e. The quantitative estimate of drug-likeness (QED) is 0.679. The van der Waals surface area contributed by atoms with Crippen molar-refractivity contribution in [2.75, 3.05) is 4.72 Å². The van der Waals surface area contributed by atoms with Crippen molar-refractivity contribution >= 4 is 21.4 Å². The molecule has 0 aliphatic heterocycles. The minimum absolute atomic E-state index is 0.00640. The summed E-state index contributed by atoms with van der Waals surface area (Å²) in [5.41, 5.74) is -2.35. The number of halogens is 1. The predicted octanol–water partition coefficient (Wildman–Crippen LogP) is 3.00. The fraction of sp³-hybridized carbons (Fsp3) is 0.0769. The molecule has 1 N–H and O–H groups in total. The van der Waals surface area contributed by atoms with Gasteiger partial charge >= 0.3 is 0 Å². The van der Waals surface area contributed by atoms with Crippen LogP contribution in [0, 0.1) is 10.1 Å². The van der Waals surface area contributed by atoms with Crippen LogP contribution in [0.15, 0.2) is 54.6 Å². The first kappa shape index (κ1) is 14.9. The molecule has 8 heteroatoms. The average Bonchev–Trinajstić information content (AvgIpc) is 2.47. The molecule has 2 aromatic rings. The van der Waals surface area contributed by atoms with E-state index >= 15 is 0 Å². The summed E-state index contributed by atoms with van der Waals surface area (Å²) in [4.78, 5) is 9.89. The topological polar surface area (TPSA) is 89.3 Å². The van der Waals surface area contributed by atoms with Gasteiger partial charge in [-0.05, 0) is 12.1 Å². The molecule has 0 saturated heterocycles. The summed E-state index contributed by atoms with van der Waals surface area (Å²) < 4.78 is 39.9. The molecule has 0 aliphatic carbocycles. The maximum absolute atomic E-state index is 14.0. The number of hydrogen-bond donors (Lipinski definition) is 1. The first-order valence-electron chi connectivity index (χ1n) is 5.85. The van der Waals surface area contributed by atoms with E-state index in [0.29, 0.717) is 0 Å². The number of nitro groups is 1. The molecule has 0 bridgehead atoms. The van der Waals surface area contributed by atoms with Gasteiger partial charge in [-0.15, -0.1) is 0 Å². The maximum atomic E-state index is 14.0. The highest BCUT2D eigenvalue weighted by molar-refractivity contribution is 7.92. The number of nitrogens with zero attached hydrogens (tertiary/aromatic N) is 1. The Morgan fingerprint density at radius 3 is 2.14 bits per heavy atom. The van der Waals surface area contributed by atoms with E-state index in [2.05, 4.69) is 4.72 Å². The third-order valence-electron chi connectivity index (χ3n) is 2.67. The molecule has 2 aromatic carbocycles. The first-order chi connectivity index (χ1) is 9.90. The molecule has 2 rings (SSSR count). The summed E-state index contributed by atoms with van der Waals surface area (Å²) in [6.45, 7) is 0. The molecule has 0 aliphatic rings. The highest BCUT2D eigenvalue weighted by Crippen LogP contribution is 2.26. The van der Waals surface area contributed by atoms with Crippen molar-refractivity contribution in [3.63, 3.8) is 0 Å². The molecule has 0 radical (unpaired) electrons. The zero-order valence-corrected chi connectivity index (χ0v) is 11.5. The molecule has 0 saturated carbocycles. The average molecular weight is 310 g/mol. The van der Waals surface area contributed by atoms with Crippen molar-refractivity contribution in [1.29, 1.82) is 0 Å². The number of sulfonamides is 1. The second-order valence-corrected chi connectivity index (χ2v) is 5.89. The minimum atomic E-state index is -4.29. The fourth-order valence-corrected chi connectivity index (χ4v) is 2.73. The number of benzene rings is 2. The standard InChI is InChI=1S/C13H11FN2O4S/c14-13(10-4-2-1-3-5-10)21(19,20)15-11-6-8-12(9-7-11)16(17)18/h1-9,13,15H. The van der Waals surface area contributed by atoms with Crippen molar-refractivity contribution < 1.29 is 17.7 Å². The highest BCUT2D eigenvalue weighted by Gasteiger charge is 2.26. The Hall–Kier alpha value is -2.48. The monoisotopic (exact) mass is 310 g/mol. The number of rotatable bonds is 5. The van der Waals surface area contributed by atoms with Gasteiger partial charge in [0.05, 0.1) is 4.92 Å². The zero-order valence-electron chi connectivity index (χ0n) is 10.6. The van der Waals surface area contributed by atoms with Gasteiger partial charge in [-0.2, -0.15) is 0 Å². The summed E-state index contributed by atoms with van der Waals surface area (Å²) >= 11 is 0. The van der Waals surface area contributed by atoms with E-state index in [1.54, 1.807) is 6.07 Å². The zero-order chi connectivity index (χ0) is 15.5. The Balaban J connectivity index is 2.19. The first-order valence-corrected chi connectivity index (χ1v) is 7.40. The highest BCUT2D eigenvalue weighted by atomic mass is 32.2. The maximum Gasteiger partial charge on any atom is 0.269 e. The SMILES string of the molecule is O=[N+]([O-])c1ccc(NS(=O)(=O)C(F)c2ccccc2)cc1. The molecule has 0 heterocycles. The number of non-ortho nitro benzene ring substituents is 1. The van der Waals surface area contributed by atoms with Crippen LogP contribution in [0.1, 0.15) is 11.1 Å². The van der Waals surface area contributed by atoms with Crippen LogP contribution in [-0.4, -0.2) is 13.3 Å². The van der Waals surface area contributed by atoms with Gasteiger partial charge in [0.2, 0.25) is 5.50 Å². The fourth-order valence-electron chi connectivity index (χ4n) is 1.65. The molecule has 6 nitrogen and oxygen atoms in total. The van der Waals surface area contributed by atoms with Crippen molar-refractivity contribution in [2.24, 2.45) is 0 Å². The van der Waals surface area contributed by atoms with E-state index in [9.17, 15) is 22.9 Å². The van der Waals surface area contributed by atoms with Crippen molar-refractivity contribution in [3.8, 4) is 0 Å². The van der Waals surface area contributed by atoms with Gasteiger partial charge in [0.1, 0.15) is 0 Å². The van der Waals surface area contributed by atoms with Gasteiger partial charge in [0.15, 0.2) is 0 Å². The summed E-state index contributed by atoms with van der Waals surface area (Å²) in [5, 5.41) is 10.5. The van der Waals surface area contributed by atoms with Gasteiger partial charge in [-0.3, -0.25) is 14.8 Å². The Morgan fingerprint density at radius 2 is 1.62 bits per heavy atom. The van der Waals surface area contributed by atoms with Crippen LogP contribution in [0.2, 0.25) is 0 Å². The largest absolute Gasteiger partial charge is 0.281 e. The lowest BCUT2D eigenvalue weighted by Crippen LogP contribution is -2.18. The van der Waals surface area contributed by atoms with Gasteiger partial charge in [-0.25, -0.2) is 12.8 Å². The van der Waals surface area contributed by atoms with Crippen LogP contribution in [0.4, 0.5) is 15.8 Å². The summed E-state index contributed by atoms with van der Waals surface area (Å²) in [6.07, 6.45) is 0. The van der Waals surface area contributed by atoms with Crippen LogP contribution in [0.25, 0.3) is 0 Å². The van der Waals surface area contributed by atoms with E-state index in [-0.39, 0.29) is 16.9 Å². The van der Waals surface area contributed by atoms with E-state index in [0.717, 1.165) is 12.1 Å².